The van der Waals surface area contributed by atoms with Crippen molar-refractivity contribution in [3.63, 3.8) is 0 Å². The number of amides is 1. The Labute approximate surface area is 233 Å². The highest BCUT2D eigenvalue weighted by Gasteiger charge is 2.25. The first-order valence-corrected chi connectivity index (χ1v) is 13.4. The zero-order chi connectivity index (χ0) is 27.5. The Hall–Kier alpha value is -3.80. The quantitative estimate of drug-likeness (QED) is 0.279. The molecule has 2 aromatic carbocycles. The van der Waals surface area contributed by atoms with Crippen LogP contribution < -0.4 is 9.47 Å². The molecule has 2 atom stereocenters. The van der Waals surface area contributed by atoms with Gasteiger partial charge in [0.05, 0.1) is 31.3 Å². The second-order valence-electron chi connectivity index (χ2n) is 8.85. The van der Waals surface area contributed by atoms with Crippen molar-refractivity contribution in [1.29, 1.82) is 0 Å². The lowest BCUT2D eigenvalue weighted by Gasteiger charge is -2.30. The third-order valence-corrected chi connectivity index (χ3v) is 7.74. The maximum absolute atomic E-state index is 12.6. The summed E-state index contributed by atoms with van der Waals surface area (Å²) in [7, 11) is 1.32. The van der Waals surface area contributed by atoms with Crippen LogP contribution in [0.15, 0.2) is 54.9 Å². The lowest BCUT2D eigenvalue weighted by Crippen LogP contribution is -2.47. The van der Waals surface area contributed by atoms with Gasteiger partial charge in [-0.25, -0.2) is 14.6 Å². The second-order valence-corrected chi connectivity index (χ2v) is 10.3. The molecule has 5 rings (SSSR count). The number of rotatable bonds is 8. The van der Waals surface area contributed by atoms with Gasteiger partial charge < -0.3 is 29.0 Å². The Morgan fingerprint density at radius 3 is 2.85 bits per heavy atom. The van der Waals surface area contributed by atoms with Crippen LogP contribution in [-0.2, 0) is 9.47 Å². The molecular weight excluding hydrogens is 546 g/mol. The molecule has 204 valence electrons. The number of nitrogens with zero attached hydrogens (tertiary/aromatic N) is 3. The largest absolute Gasteiger partial charge is 0.491 e. The van der Waals surface area contributed by atoms with Gasteiger partial charge in [0.15, 0.2) is 4.88 Å². The third-order valence-electron chi connectivity index (χ3n) is 6.30. The smallest absolute Gasteiger partial charge is 0.407 e. The molecule has 1 aliphatic heterocycles. The molecule has 1 amide bonds. The van der Waals surface area contributed by atoms with E-state index in [1.54, 1.807) is 24.5 Å². The Balaban J connectivity index is 1.39. The van der Waals surface area contributed by atoms with Gasteiger partial charge in [-0.1, -0.05) is 29.8 Å². The van der Waals surface area contributed by atoms with Crippen LogP contribution in [-0.4, -0.2) is 71.1 Å². The van der Waals surface area contributed by atoms with Crippen LogP contribution in [0, 0.1) is 0 Å². The number of hydrogen-bond donors (Lipinski definition) is 1. The van der Waals surface area contributed by atoms with Gasteiger partial charge in [-0.05, 0) is 25.1 Å². The molecule has 1 fully saturated rings. The molecular formula is C27H26ClN3O7S. The van der Waals surface area contributed by atoms with Crippen LogP contribution in [0.1, 0.15) is 28.3 Å². The van der Waals surface area contributed by atoms with Crippen molar-refractivity contribution in [1.82, 2.24) is 14.5 Å². The number of ether oxygens (including phenoxy) is 4. The molecule has 10 nitrogen and oxygen atoms in total. The minimum Gasteiger partial charge on any atom is -0.491 e. The predicted molar refractivity (Wildman–Crippen MR) is 146 cm³/mol. The van der Waals surface area contributed by atoms with Gasteiger partial charge in [-0.15, -0.1) is 11.3 Å². The summed E-state index contributed by atoms with van der Waals surface area (Å²) in [4.78, 5) is 30.0. The molecule has 1 aliphatic rings. The molecule has 0 radical (unpaired) electrons. The SMILES string of the molecule is COC(=O)c1sc(-n2cnc3ccc(OC[C@H]4CN(C(=O)O)CCO4)cc32)cc1O[C@H](C)c1ccccc1Cl. The molecule has 0 spiro atoms. The van der Waals surface area contributed by atoms with Crippen molar-refractivity contribution in [3.8, 4) is 16.5 Å². The van der Waals surface area contributed by atoms with Crippen LogP contribution in [0.2, 0.25) is 5.02 Å². The lowest BCUT2D eigenvalue weighted by molar-refractivity contribution is -0.0411. The highest BCUT2D eigenvalue weighted by molar-refractivity contribution is 7.16. The fraction of sp³-hybridized carbons (Fsp3) is 0.296. The van der Waals surface area contributed by atoms with Gasteiger partial charge in [0.1, 0.15) is 41.6 Å². The number of morpholine rings is 1. The van der Waals surface area contributed by atoms with E-state index in [2.05, 4.69) is 4.98 Å². The van der Waals surface area contributed by atoms with Gasteiger partial charge in [0, 0.05) is 29.3 Å². The van der Waals surface area contributed by atoms with E-state index in [0.29, 0.717) is 39.6 Å². The Bertz CT molecular complexity index is 1500. The fourth-order valence-corrected chi connectivity index (χ4v) is 5.58. The lowest BCUT2D eigenvalue weighted by atomic mass is 10.1. The number of benzene rings is 2. The van der Waals surface area contributed by atoms with Crippen molar-refractivity contribution in [3.05, 3.63) is 70.3 Å². The standard InChI is InChI=1S/C27H26ClN3O7S/c1-16(19-5-3-4-6-20(19)28)38-23-12-24(39-25(23)26(32)35-2)31-15-29-21-8-7-17(11-22(21)31)37-14-18-13-30(27(33)34)9-10-36-18/h3-8,11-12,15-16,18H,9-10,13-14H2,1-2H3,(H,33,34)/t16-,18-/m1/s1. The first-order chi connectivity index (χ1) is 18.8. The van der Waals surface area contributed by atoms with Crippen LogP contribution in [0.25, 0.3) is 16.0 Å². The Morgan fingerprint density at radius 1 is 1.26 bits per heavy atom. The number of carboxylic acid groups (broad SMARTS) is 1. The molecule has 1 saturated heterocycles. The molecule has 0 unspecified atom stereocenters. The minimum absolute atomic E-state index is 0.201. The molecule has 12 heteroatoms. The molecule has 4 aromatic rings. The zero-order valence-corrected chi connectivity index (χ0v) is 22.8. The summed E-state index contributed by atoms with van der Waals surface area (Å²) in [6.45, 7) is 2.98. The number of carbonyl (C=O) groups is 2. The summed E-state index contributed by atoms with van der Waals surface area (Å²) in [6.07, 6.45) is -0.0868. The number of thiophene rings is 1. The van der Waals surface area contributed by atoms with E-state index in [-0.39, 0.29) is 19.3 Å². The van der Waals surface area contributed by atoms with Crippen LogP contribution in [0.4, 0.5) is 4.79 Å². The van der Waals surface area contributed by atoms with Gasteiger partial charge >= 0.3 is 12.1 Å². The van der Waals surface area contributed by atoms with Gasteiger partial charge in [-0.3, -0.25) is 4.57 Å². The topological polar surface area (TPSA) is 112 Å². The number of esters is 1. The van der Waals surface area contributed by atoms with Crippen LogP contribution in [0.5, 0.6) is 11.5 Å². The van der Waals surface area contributed by atoms with Crippen LogP contribution >= 0.6 is 22.9 Å². The maximum Gasteiger partial charge on any atom is 0.407 e. The van der Waals surface area contributed by atoms with Crippen molar-refractivity contribution in [2.45, 2.75) is 19.1 Å². The molecule has 0 aliphatic carbocycles. The Morgan fingerprint density at radius 2 is 2.08 bits per heavy atom. The number of imidazole rings is 1. The molecule has 2 aromatic heterocycles. The van der Waals surface area contributed by atoms with Gasteiger partial charge in [-0.2, -0.15) is 0 Å². The number of methoxy groups -OCH3 is 1. The highest BCUT2D eigenvalue weighted by Crippen LogP contribution is 2.38. The first kappa shape index (κ1) is 26.8. The summed E-state index contributed by atoms with van der Waals surface area (Å²) in [6, 6.07) is 14.6. The molecule has 3 heterocycles. The molecule has 0 saturated carbocycles. The monoisotopic (exact) mass is 571 g/mol. The Kier molecular flexibility index (Phi) is 7.92. The summed E-state index contributed by atoms with van der Waals surface area (Å²) < 4.78 is 24.6. The number of fused-ring (bicyclic) bond motifs is 1. The van der Waals surface area contributed by atoms with Crippen molar-refractivity contribution >= 4 is 46.0 Å². The number of halogens is 1. The average molecular weight is 572 g/mol. The maximum atomic E-state index is 12.6. The number of aromatic nitrogens is 2. The minimum atomic E-state index is -0.972. The van der Waals surface area contributed by atoms with Gasteiger partial charge in [0.2, 0.25) is 0 Å². The van der Waals surface area contributed by atoms with E-state index in [1.165, 1.54) is 23.3 Å². The third kappa shape index (κ3) is 5.80. The molecule has 1 N–H and O–H groups in total. The predicted octanol–water partition coefficient (Wildman–Crippen LogP) is 5.42. The normalized spacial score (nSPS) is 16.2. The second kappa shape index (κ2) is 11.5. The fourth-order valence-electron chi connectivity index (χ4n) is 4.30. The average Bonchev–Trinajstić information content (AvgIpc) is 3.55. The number of hydrogen-bond acceptors (Lipinski definition) is 8. The summed E-state index contributed by atoms with van der Waals surface area (Å²) in [5.74, 6) is 0.443. The molecule has 39 heavy (non-hydrogen) atoms. The van der Waals surface area contributed by atoms with E-state index in [9.17, 15) is 14.7 Å². The van der Waals surface area contributed by atoms with Gasteiger partial charge in [0.25, 0.3) is 0 Å². The summed E-state index contributed by atoms with van der Waals surface area (Å²) in [5, 5.41) is 10.5. The first-order valence-electron chi connectivity index (χ1n) is 12.2. The van der Waals surface area contributed by atoms with Crippen molar-refractivity contribution in [2.24, 2.45) is 0 Å². The van der Waals surface area contributed by atoms with Crippen LogP contribution in [0.3, 0.4) is 0 Å². The van der Waals surface area contributed by atoms with E-state index in [0.717, 1.165) is 16.6 Å². The number of carbonyl (C=O) groups excluding carboxylic acids is 1. The van der Waals surface area contributed by atoms with E-state index >= 15 is 0 Å². The van der Waals surface area contributed by atoms with Crippen molar-refractivity contribution < 1.29 is 33.6 Å². The summed E-state index contributed by atoms with van der Waals surface area (Å²) in [5.41, 5.74) is 2.28. The van der Waals surface area contributed by atoms with E-state index in [1.807, 2.05) is 41.8 Å². The van der Waals surface area contributed by atoms with E-state index < -0.39 is 18.2 Å². The van der Waals surface area contributed by atoms with Crippen molar-refractivity contribution in [2.75, 3.05) is 33.4 Å². The highest BCUT2D eigenvalue weighted by atomic mass is 35.5. The van der Waals surface area contributed by atoms with E-state index in [4.69, 9.17) is 30.5 Å². The summed E-state index contributed by atoms with van der Waals surface area (Å²) >= 11 is 7.57. The molecule has 0 bridgehead atoms. The zero-order valence-electron chi connectivity index (χ0n) is 21.2.